The second kappa shape index (κ2) is 13.3. The van der Waals surface area contributed by atoms with Crippen molar-refractivity contribution in [3.8, 4) is 11.1 Å². The second-order valence-corrected chi connectivity index (χ2v) is 10.7. The van der Waals surface area contributed by atoms with E-state index in [0.29, 0.717) is 16.5 Å². The molecule has 2 aliphatic rings. The van der Waals surface area contributed by atoms with Crippen molar-refractivity contribution in [2.45, 2.75) is 50.7 Å². The fourth-order valence-corrected chi connectivity index (χ4v) is 5.57. The lowest BCUT2D eigenvalue weighted by Gasteiger charge is -2.33. The molecule has 8 nitrogen and oxygen atoms in total. The zero-order chi connectivity index (χ0) is 28.0. The van der Waals surface area contributed by atoms with Gasteiger partial charge in [0.15, 0.2) is 0 Å². The topological polar surface area (TPSA) is 110 Å². The predicted octanol–water partition coefficient (Wildman–Crippen LogP) is 4.94. The van der Waals surface area contributed by atoms with Crippen LogP contribution in [0.2, 0.25) is 10.0 Å². The third-order valence-corrected chi connectivity index (χ3v) is 7.81. The van der Waals surface area contributed by atoms with E-state index in [1.165, 1.54) is 4.90 Å². The summed E-state index contributed by atoms with van der Waals surface area (Å²) < 4.78 is 0. The van der Waals surface area contributed by atoms with Crippen molar-refractivity contribution in [2.24, 2.45) is 5.92 Å². The Kier molecular flexibility index (Phi) is 10.4. The van der Waals surface area contributed by atoms with Gasteiger partial charge in [0, 0.05) is 49.7 Å². The molecule has 10 heteroatoms. The number of carbonyl (C=O) groups is 3. The number of aliphatic hydroxyl groups is 1. The van der Waals surface area contributed by atoms with E-state index in [0.717, 1.165) is 55.3 Å². The molecule has 0 spiro atoms. The van der Waals surface area contributed by atoms with E-state index in [-0.39, 0.29) is 35.6 Å². The number of urea groups is 1. The van der Waals surface area contributed by atoms with Gasteiger partial charge in [0.2, 0.25) is 5.91 Å². The molecule has 3 amide bonds. The highest BCUT2D eigenvalue weighted by atomic mass is 35.5. The summed E-state index contributed by atoms with van der Waals surface area (Å²) in [6.07, 6.45) is 4.27. The highest BCUT2D eigenvalue weighted by Crippen LogP contribution is 2.36. The van der Waals surface area contributed by atoms with Crippen LogP contribution in [-0.2, 0) is 11.2 Å². The number of benzene rings is 2. The molecule has 1 atom stereocenters. The average molecular weight is 565 g/mol. The Morgan fingerprint density at radius 3 is 2.05 bits per heavy atom. The van der Waals surface area contributed by atoms with Crippen molar-refractivity contribution < 1.29 is 24.6 Å². The third-order valence-electron chi connectivity index (χ3n) is 7.13. The highest BCUT2D eigenvalue weighted by Gasteiger charge is 2.37. The number of carboxylic acid groups (broad SMARTS) is 1. The van der Waals surface area contributed by atoms with Crippen LogP contribution in [0.4, 0.5) is 4.79 Å². The number of hydrogen-bond donors (Lipinski definition) is 3. The molecule has 1 heterocycles. The van der Waals surface area contributed by atoms with E-state index in [2.05, 4.69) is 5.32 Å². The number of nitrogens with one attached hydrogen (secondary N) is 1. The summed E-state index contributed by atoms with van der Waals surface area (Å²) in [5.74, 6) is -0.956. The van der Waals surface area contributed by atoms with Crippen LogP contribution in [0.1, 0.15) is 48.0 Å². The number of hydrogen-bond acceptors (Lipinski definition) is 4. The molecular weight excluding hydrogens is 529 g/mol. The van der Waals surface area contributed by atoms with Crippen LogP contribution in [0.3, 0.4) is 0 Å². The van der Waals surface area contributed by atoms with Crippen LogP contribution in [0.5, 0.6) is 0 Å². The first kappa shape index (κ1) is 29.7. The molecular formula is C28H35Cl2N3O5. The van der Waals surface area contributed by atoms with Crippen molar-refractivity contribution in [2.75, 3.05) is 27.7 Å². The molecule has 0 bridgehead atoms. The first-order valence-electron chi connectivity index (χ1n) is 12.7. The lowest BCUT2D eigenvalue weighted by atomic mass is 9.92. The zero-order valence-electron chi connectivity index (χ0n) is 21.9. The maximum atomic E-state index is 13.0. The van der Waals surface area contributed by atoms with Crippen molar-refractivity contribution in [3.63, 3.8) is 0 Å². The molecule has 1 aliphatic carbocycles. The van der Waals surface area contributed by atoms with E-state index in [9.17, 15) is 19.5 Å². The molecule has 1 saturated carbocycles. The molecule has 0 radical (unpaired) electrons. The number of likely N-dealkylation sites (tertiary alicyclic amines) is 1. The maximum Gasteiger partial charge on any atom is 0.335 e. The highest BCUT2D eigenvalue weighted by molar-refractivity contribution is 6.36. The van der Waals surface area contributed by atoms with E-state index in [4.69, 9.17) is 28.3 Å². The van der Waals surface area contributed by atoms with Crippen molar-refractivity contribution in [3.05, 3.63) is 57.6 Å². The first-order valence-corrected chi connectivity index (χ1v) is 13.5. The Morgan fingerprint density at radius 2 is 1.58 bits per heavy atom. The van der Waals surface area contributed by atoms with Crippen LogP contribution in [0, 0.1) is 5.92 Å². The van der Waals surface area contributed by atoms with Crippen LogP contribution >= 0.6 is 23.2 Å². The fraction of sp³-hybridized carbons (Fsp3) is 0.464. The number of carbonyl (C=O) groups excluding carboxylic acids is 2. The van der Waals surface area contributed by atoms with Crippen LogP contribution in [0.25, 0.3) is 11.1 Å². The van der Waals surface area contributed by atoms with Gasteiger partial charge in [0.05, 0.1) is 11.7 Å². The Labute approximate surface area is 233 Å². The van der Waals surface area contributed by atoms with Gasteiger partial charge in [-0.1, -0.05) is 35.3 Å². The maximum absolute atomic E-state index is 13.0. The van der Waals surface area contributed by atoms with Gasteiger partial charge in [0.1, 0.15) is 0 Å². The zero-order valence-corrected chi connectivity index (χ0v) is 23.4. The summed E-state index contributed by atoms with van der Waals surface area (Å²) in [4.78, 5) is 37.8. The Morgan fingerprint density at radius 1 is 1.00 bits per heavy atom. The smallest absolute Gasteiger partial charge is 0.335 e. The molecule has 2 fully saturated rings. The van der Waals surface area contributed by atoms with E-state index in [1.807, 2.05) is 17.0 Å². The Hall–Kier alpha value is -2.81. The Bertz CT molecular complexity index is 1120. The van der Waals surface area contributed by atoms with Gasteiger partial charge in [-0.25, -0.2) is 9.59 Å². The largest absolute Gasteiger partial charge is 0.478 e. The van der Waals surface area contributed by atoms with Gasteiger partial charge in [-0.2, -0.15) is 0 Å². The molecule has 1 saturated heterocycles. The molecule has 0 aromatic heterocycles. The molecule has 4 rings (SSSR count). The fourth-order valence-electron chi connectivity index (χ4n) is 4.92. The average Bonchev–Trinajstić information content (AvgIpc) is 3.26. The normalized spacial score (nSPS) is 20.9. The van der Waals surface area contributed by atoms with Crippen LogP contribution in [0.15, 0.2) is 36.4 Å². The van der Waals surface area contributed by atoms with Crippen LogP contribution in [-0.4, -0.2) is 77.8 Å². The minimum Gasteiger partial charge on any atom is -0.478 e. The summed E-state index contributed by atoms with van der Waals surface area (Å²) >= 11 is 13.1. The van der Waals surface area contributed by atoms with Crippen molar-refractivity contribution >= 4 is 41.1 Å². The summed E-state index contributed by atoms with van der Waals surface area (Å²) in [5.41, 5.74) is 2.61. The van der Waals surface area contributed by atoms with Gasteiger partial charge in [-0.15, -0.1) is 0 Å². The quantitative estimate of drug-likeness (QED) is 0.477. The van der Waals surface area contributed by atoms with Crippen molar-refractivity contribution in [1.29, 1.82) is 0 Å². The minimum absolute atomic E-state index is 0.0694. The number of nitrogens with zero attached hydrogens (tertiary/aromatic N) is 2. The monoisotopic (exact) mass is 563 g/mol. The summed E-state index contributed by atoms with van der Waals surface area (Å²) in [7, 11) is 4.99. The van der Waals surface area contributed by atoms with E-state index in [1.54, 1.807) is 45.4 Å². The molecule has 3 N–H and O–H groups in total. The SMILES string of the molecule is CNC(=O)N(C)C.O=C(O)c1ccc(-c2cc(Cl)c(C[C@@H]3CCN([C@H]4CC[C@H](O)CC4)C3=O)c(Cl)c2)cc1. The molecule has 2 aromatic rings. The second-order valence-electron chi connectivity index (χ2n) is 9.93. The van der Waals surface area contributed by atoms with Crippen molar-refractivity contribution in [1.82, 2.24) is 15.1 Å². The molecule has 1 aliphatic heterocycles. The minimum atomic E-state index is -0.974. The van der Waals surface area contributed by atoms with Gasteiger partial charge in [-0.05, 0) is 79.5 Å². The lowest BCUT2D eigenvalue weighted by Crippen LogP contribution is -2.41. The molecule has 0 unspecified atom stereocenters. The molecule has 2 aromatic carbocycles. The summed E-state index contributed by atoms with van der Waals surface area (Å²) in [6.45, 7) is 0.744. The number of amides is 3. The van der Waals surface area contributed by atoms with Crippen LogP contribution < -0.4 is 5.32 Å². The number of rotatable bonds is 5. The van der Waals surface area contributed by atoms with Gasteiger partial charge in [0.25, 0.3) is 0 Å². The lowest BCUT2D eigenvalue weighted by molar-refractivity contribution is -0.133. The third kappa shape index (κ3) is 7.40. The summed E-state index contributed by atoms with van der Waals surface area (Å²) in [5, 5.41) is 22.3. The number of aliphatic hydroxyl groups excluding tert-OH is 1. The predicted molar refractivity (Wildman–Crippen MR) is 149 cm³/mol. The first-order chi connectivity index (χ1) is 18.0. The number of aromatic carboxylic acids is 1. The van der Waals surface area contributed by atoms with E-state index >= 15 is 0 Å². The number of carboxylic acids is 1. The number of halogens is 2. The molecule has 38 heavy (non-hydrogen) atoms. The van der Waals surface area contributed by atoms with Gasteiger partial charge >= 0.3 is 12.0 Å². The Balaban J connectivity index is 0.000000505. The van der Waals surface area contributed by atoms with Gasteiger partial charge < -0.3 is 25.3 Å². The van der Waals surface area contributed by atoms with Gasteiger partial charge in [-0.3, -0.25) is 4.79 Å². The molecule has 206 valence electrons. The van der Waals surface area contributed by atoms with E-state index < -0.39 is 5.97 Å². The summed E-state index contributed by atoms with van der Waals surface area (Å²) in [6, 6.07) is 10.3. The standard InChI is InChI=1S/C24H25Cl2NO4.C4H10N2O/c25-21-12-17(14-1-3-15(4-2-14)24(30)31)13-22(26)20(21)11-16-9-10-27(23(16)29)18-5-7-19(28)8-6-18;1-5-4(7)6(2)3/h1-4,12-13,16,18-19,28H,5-11H2,(H,30,31);1-3H3,(H,5,7)/t16-,18-,19-;/m0./s1.